The fourth-order valence-corrected chi connectivity index (χ4v) is 4.28. The van der Waals surface area contributed by atoms with E-state index in [9.17, 15) is 18.5 Å². The molecular weight excluding hydrogens is 400 g/mol. The van der Waals surface area contributed by atoms with Gasteiger partial charge in [-0.3, -0.25) is 10.1 Å². The summed E-state index contributed by atoms with van der Waals surface area (Å²) in [4.78, 5) is 15.6. The Hall–Kier alpha value is -1.98. The fraction of sp³-hybridized carbons (Fsp3) is 0.333. The van der Waals surface area contributed by atoms with Crippen molar-refractivity contribution in [3.63, 3.8) is 0 Å². The van der Waals surface area contributed by atoms with Crippen LogP contribution in [0.3, 0.4) is 0 Å². The van der Waals surface area contributed by atoms with Crippen molar-refractivity contribution in [2.24, 2.45) is 0 Å². The lowest BCUT2D eigenvalue weighted by Crippen LogP contribution is -2.46. The zero-order valence-corrected chi connectivity index (χ0v) is 17.4. The van der Waals surface area contributed by atoms with E-state index in [1.54, 1.807) is 11.8 Å². The number of non-ortho nitro benzene ring substituents is 1. The Labute approximate surface area is 169 Å². The lowest BCUT2D eigenvalue weighted by atomic mass is 10.2. The molecule has 28 heavy (non-hydrogen) atoms. The lowest BCUT2D eigenvalue weighted by Gasteiger charge is -2.21. The summed E-state index contributed by atoms with van der Waals surface area (Å²) in [6, 6.07) is 14.7. The molecule has 2 aromatic carbocycles. The molecule has 0 saturated heterocycles. The Bertz CT molecular complexity index is 876. The highest BCUT2D eigenvalue weighted by molar-refractivity contribution is 7.99. The number of nitro benzene ring substituents is 1. The van der Waals surface area contributed by atoms with Gasteiger partial charge in [0, 0.05) is 28.8 Å². The molecular formula is C18H24N4O4S2. The lowest BCUT2D eigenvalue weighted by molar-refractivity contribution is -0.385. The van der Waals surface area contributed by atoms with Crippen LogP contribution in [0.2, 0.25) is 0 Å². The van der Waals surface area contributed by atoms with Crippen molar-refractivity contribution >= 4 is 27.5 Å². The van der Waals surface area contributed by atoms with Crippen LogP contribution in [0.25, 0.3) is 0 Å². The van der Waals surface area contributed by atoms with Crippen molar-refractivity contribution in [1.82, 2.24) is 15.2 Å². The second kappa shape index (κ2) is 10.5. The van der Waals surface area contributed by atoms with Gasteiger partial charge in [-0.1, -0.05) is 24.3 Å². The number of nitrogens with one attached hydrogen (secondary N) is 2. The molecule has 0 bridgehead atoms. The van der Waals surface area contributed by atoms with Gasteiger partial charge < -0.3 is 4.90 Å². The highest BCUT2D eigenvalue weighted by Crippen LogP contribution is 2.19. The number of nitro groups is 1. The number of thioether (sulfide) groups is 1. The van der Waals surface area contributed by atoms with Crippen molar-refractivity contribution in [1.29, 1.82) is 0 Å². The second-order valence-electron chi connectivity index (χ2n) is 6.42. The molecule has 0 heterocycles. The van der Waals surface area contributed by atoms with Gasteiger partial charge in [0.2, 0.25) is 0 Å². The van der Waals surface area contributed by atoms with Crippen molar-refractivity contribution in [2.45, 2.75) is 22.3 Å². The molecule has 0 aliphatic carbocycles. The van der Waals surface area contributed by atoms with E-state index in [0.29, 0.717) is 5.75 Å². The topological polar surface area (TPSA) is 105 Å². The third-order valence-corrected chi connectivity index (χ3v) is 6.29. The zero-order chi connectivity index (χ0) is 20.6. The molecule has 2 aromatic rings. The molecule has 10 heteroatoms. The van der Waals surface area contributed by atoms with Gasteiger partial charge in [0.15, 0.2) is 0 Å². The molecule has 2 rings (SSSR count). The second-order valence-corrected chi connectivity index (χ2v) is 9.19. The number of benzene rings is 2. The summed E-state index contributed by atoms with van der Waals surface area (Å²) < 4.78 is 25.0. The molecule has 0 aromatic heterocycles. The van der Waals surface area contributed by atoms with E-state index in [0.717, 1.165) is 23.9 Å². The number of hydrogen-bond acceptors (Lipinski definition) is 7. The summed E-state index contributed by atoms with van der Waals surface area (Å²) in [5.74, 6) is 0.662. The highest BCUT2D eigenvalue weighted by atomic mass is 32.2. The Balaban J connectivity index is 2.03. The first-order valence-electron chi connectivity index (χ1n) is 8.62. The Morgan fingerprint density at radius 3 is 2.50 bits per heavy atom. The zero-order valence-electron chi connectivity index (χ0n) is 15.7. The summed E-state index contributed by atoms with van der Waals surface area (Å²) in [6.45, 7) is 0.783. The summed E-state index contributed by atoms with van der Waals surface area (Å²) in [5.41, 5.74) is 2.61. The van der Waals surface area contributed by atoms with E-state index >= 15 is 0 Å². The number of nitrogens with zero attached hydrogens (tertiary/aromatic N) is 2. The van der Waals surface area contributed by atoms with E-state index in [2.05, 4.69) is 10.3 Å². The van der Waals surface area contributed by atoms with E-state index in [-0.39, 0.29) is 16.6 Å². The van der Waals surface area contributed by atoms with Crippen LogP contribution in [0.15, 0.2) is 64.4 Å². The molecule has 2 N–H and O–H groups in total. The van der Waals surface area contributed by atoms with Crippen LogP contribution >= 0.6 is 11.8 Å². The molecule has 8 nitrogen and oxygen atoms in total. The van der Waals surface area contributed by atoms with Crippen LogP contribution in [-0.4, -0.2) is 50.7 Å². The van der Waals surface area contributed by atoms with Gasteiger partial charge in [-0.2, -0.15) is 0 Å². The van der Waals surface area contributed by atoms with Gasteiger partial charge in [0.1, 0.15) is 0 Å². The van der Waals surface area contributed by atoms with Crippen molar-refractivity contribution < 1.29 is 13.3 Å². The van der Waals surface area contributed by atoms with Crippen LogP contribution in [0, 0.1) is 10.1 Å². The first kappa shape index (κ1) is 22.3. The van der Waals surface area contributed by atoms with Gasteiger partial charge >= 0.3 is 0 Å². The smallest absolute Gasteiger partial charge is 0.270 e. The van der Waals surface area contributed by atoms with Crippen LogP contribution in [0.4, 0.5) is 5.69 Å². The van der Waals surface area contributed by atoms with Gasteiger partial charge in [-0.05, 0) is 45.3 Å². The molecule has 1 atom stereocenters. The minimum atomic E-state index is -3.92. The number of sulfonamides is 1. The van der Waals surface area contributed by atoms with Crippen molar-refractivity contribution in [3.8, 4) is 0 Å². The highest BCUT2D eigenvalue weighted by Gasteiger charge is 2.19. The molecule has 0 amide bonds. The standard InChI is InChI=1S/C18H24N4O4S2/c1-21(2)12-11-15(14-27-17-8-4-3-5-9-17)19-20-28(25,26)18-10-6-7-16(13-18)22(23)24/h3-10,13,15,19-20H,11-12,14H2,1-2H3/t15-/m1/s1. The maximum atomic E-state index is 12.5. The predicted octanol–water partition coefficient (Wildman–Crippen LogP) is 2.49. The molecule has 0 fully saturated rings. The molecule has 0 aliphatic rings. The number of hydrazine groups is 1. The maximum Gasteiger partial charge on any atom is 0.270 e. The van der Waals surface area contributed by atoms with Crippen LogP contribution in [0.1, 0.15) is 6.42 Å². The van der Waals surface area contributed by atoms with Crippen molar-refractivity contribution in [3.05, 3.63) is 64.7 Å². The number of hydrogen-bond donors (Lipinski definition) is 2. The largest absolute Gasteiger partial charge is 0.309 e. The average Bonchev–Trinajstić information content (AvgIpc) is 2.68. The normalized spacial score (nSPS) is 12.8. The summed E-state index contributed by atoms with van der Waals surface area (Å²) in [6.07, 6.45) is 0.726. The minimum Gasteiger partial charge on any atom is -0.309 e. The van der Waals surface area contributed by atoms with Crippen molar-refractivity contribution in [2.75, 3.05) is 26.4 Å². The van der Waals surface area contributed by atoms with Crippen LogP contribution in [-0.2, 0) is 10.0 Å². The quantitative estimate of drug-likeness (QED) is 0.324. The Morgan fingerprint density at radius 1 is 1.14 bits per heavy atom. The summed E-state index contributed by atoms with van der Waals surface area (Å²) >= 11 is 1.63. The Morgan fingerprint density at radius 2 is 1.86 bits per heavy atom. The summed E-state index contributed by atoms with van der Waals surface area (Å²) in [5, 5.41) is 10.9. The van der Waals surface area contributed by atoms with Crippen LogP contribution < -0.4 is 10.3 Å². The molecule has 0 radical (unpaired) electrons. The predicted molar refractivity (Wildman–Crippen MR) is 111 cm³/mol. The third-order valence-electron chi connectivity index (χ3n) is 3.86. The van der Waals surface area contributed by atoms with Crippen LogP contribution in [0.5, 0.6) is 0 Å². The van der Waals surface area contributed by atoms with Gasteiger partial charge in [0.05, 0.1) is 9.82 Å². The third kappa shape index (κ3) is 7.21. The van der Waals surface area contributed by atoms with Gasteiger partial charge in [0.25, 0.3) is 15.7 Å². The number of rotatable bonds is 11. The first-order chi connectivity index (χ1) is 13.3. The summed E-state index contributed by atoms with van der Waals surface area (Å²) in [7, 11) is -0.0152. The average molecular weight is 425 g/mol. The molecule has 0 aliphatic heterocycles. The monoisotopic (exact) mass is 424 g/mol. The molecule has 0 spiro atoms. The van der Waals surface area contributed by atoms with E-state index in [4.69, 9.17) is 0 Å². The molecule has 0 unspecified atom stereocenters. The van der Waals surface area contributed by atoms with E-state index in [1.165, 1.54) is 18.2 Å². The van der Waals surface area contributed by atoms with E-state index in [1.807, 2.05) is 49.3 Å². The Kier molecular flexibility index (Phi) is 8.39. The molecule has 152 valence electrons. The maximum absolute atomic E-state index is 12.5. The molecule has 0 saturated carbocycles. The first-order valence-corrected chi connectivity index (χ1v) is 11.1. The fourth-order valence-electron chi connectivity index (χ4n) is 2.31. The van der Waals surface area contributed by atoms with Gasteiger partial charge in [-0.25, -0.2) is 13.8 Å². The van der Waals surface area contributed by atoms with Gasteiger partial charge in [-0.15, -0.1) is 16.6 Å². The SMILES string of the molecule is CN(C)CC[C@H](CSc1ccccc1)NNS(=O)(=O)c1cccc([N+](=O)[O-])c1. The van der Waals surface area contributed by atoms with E-state index < -0.39 is 14.9 Å². The minimum absolute atomic E-state index is 0.124.